The number of anilines is 1. The lowest BCUT2D eigenvalue weighted by Gasteiger charge is -2.16. The van der Waals surface area contributed by atoms with Gasteiger partial charge in [0.05, 0.1) is 17.7 Å². The van der Waals surface area contributed by atoms with Crippen LogP contribution in [0.15, 0.2) is 46.4 Å². The van der Waals surface area contributed by atoms with Crippen LogP contribution in [0.25, 0.3) is 6.08 Å². The van der Waals surface area contributed by atoms with E-state index in [-0.39, 0.29) is 11.7 Å². The Morgan fingerprint density at radius 1 is 1.33 bits per heavy atom. The van der Waals surface area contributed by atoms with Gasteiger partial charge in [-0.25, -0.2) is 0 Å². The van der Waals surface area contributed by atoms with Crippen molar-refractivity contribution in [2.24, 2.45) is 0 Å². The van der Waals surface area contributed by atoms with Crippen LogP contribution in [-0.4, -0.2) is 19.1 Å². The zero-order chi connectivity index (χ0) is 20.0. The van der Waals surface area contributed by atoms with Crippen molar-refractivity contribution < 1.29 is 14.3 Å². The Labute approximate surface area is 171 Å². The molecule has 140 valence electrons. The number of nitrogens with zero attached hydrogens (tertiary/aromatic N) is 1. The van der Waals surface area contributed by atoms with E-state index in [1.165, 1.54) is 13.2 Å². The van der Waals surface area contributed by atoms with Crippen LogP contribution >= 0.6 is 27.5 Å². The molecule has 0 aliphatic heterocycles. The molecule has 0 aliphatic rings. The summed E-state index contributed by atoms with van der Waals surface area (Å²) in [6, 6.07) is 12.1. The molecular formula is C20H18BrClN2O3. The molecule has 7 heteroatoms. The average Bonchev–Trinajstić information content (AvgIpc) is 2.61. The van der Waals surface area contributed by atoms with Crippen molar-refractivity contribution in [3.63, 3.8) is 0 Å². The number of methoxy groups -OCH3 is 1. The van der Waals surface area contributed by atoms with Crippen LogP contribution in [0.5, 0.6) is 11.5 Å². The fourth-order valence-corrected chi connectivity index (χ4v) is 3.00. The predicted octanol–water partition coefficient (Wildman–Crippen LogP) is 5.44. The van der Waals surface area contributed by atoms with E-state index in [1.807, 2.05) is 19.9 Å². The molecule has 0 heterocycles. The van der Waals surface area contributed by atoms with Gasteiger partial charge in [-0.1, -0.05) is 17.7 Å². The number of nitrogens with one attached hydrogen (secondary N) is 1. The van der Waals surface area contributed by atoms with Crippen LogP contribution in [-0.2, 0) is 4.79 Å². The molecule has 0 aliphatic carbocycles. The first kappa shape index (κ1) is 20.8. The molecule has 0 aromatic heterocycles. The second kappa shape index (κ2) is 9.45. The normalized spacial score (nSPS) is 11.1. The molecule has 0 fully saturated rings. The second-order valence-electron chi connectivity index (χ2n) is 5.84. The maximum atomic E-state index is 12.4. The number of ether oxygens (including phenoxy) is 2. The summed E-state index contributed by atoms with van der Waals surface area (Å²) in [7, 11) is 1.53. The van der Waals surface area contributed by atoms with E-state index in [9.17, 15) is 10.1 Å². The number of nitriles is 1. The highest BCUT2D eigenvalue weighted by molar-refractivity contribution is 9.10. The molecular weight excluding hydrogens is 432 g/mol. The van der Waals surface area contributed by atoms with Gasteiger partial charge in [0, 0.05) is 10.7 Å². The van der Waals surface area contributed by atoms with Gasteiger partial charge in [0.25, 0.3) is 5.91 Å². The van der Waals surface area contributed by atoms with Crippen LogP contribution < -0.4 is 14.8 Å². The van der Waals surface area contributed by atoms with Gasteiger partial charge in [-0.3, -0.25) is 4.79 Å². The third-order valence-corrected chi connectivity index (χ3v) is 4.19. The number of rotatable bonds is 6. The summed E-state index contributed by atoms with van der Waals surface area (Å²) >= 11 is 9.36. The van der Waals surface area contributed by atoms with E-state index in [0.29, 0.717) is 32.2 Å². The molecule has 0 unspecified atom stereocenters. The van der Waals surface area contributed by atoms with Gasteiger partial charge < -0.3 is 14.8 Å². The largest absolute Gasteiger partial charge is 0.493 e. The molecule has 0 atom stereocenters. The standard InChI is InChI=1S/C20H18BrClN2O3/c1-12(2)27-19-17(21)8-13(9-18(19)26-3)7-14(11-23)20(25)24-16-6-4-5-15(22)10-16/h4-10,12H,1-3H3,(H,24,25)/b14-7+. The number of benzene rings is 2. The van der Waals surface area contributed by atoms with Crippen molar-refractivity contribution >= 4 is 45.2 Å². The highest BCUT2D eigenvalue weighted by atomic mass is 79.9. The monoisotopic (exact) mass is 448 g/mol. The Kier molecular flexibility index (Phi) is 7.28. The molecule has 0 saturated heterocycles. The molecule has 1 N–H and O–H groups in total. The van der Waals surface area contributed by atoms with E-state index in [0.717, 1.165) is 0 Å². The summed E-state index contributed by atoms with van der Waals surface area (Å²) in [6.07, 6.45) is 1.45. The lowest BCUT2D eigenvalue weighted by molar-refractivity contribution is -0.112. The third-order valence-electron chi connectivity index (χ3n) is 3.36. The predicted molar refractivity (Wildman–Crippen MR) is 110 cm³/mol. The summed E-state index contributed by atoms with van der Waals surface area (Å²) < 4.78 is 11.8. The van der Waals surface area contributed by atoms with Crippen molar-refractivity contribution in [1.29, 1.82) is 5.26 Å². The smallest absolute Gasteiger partial charge is 0.266 e. The Morgan fingerprint density at radius 3 is 2.67 bits per heavy atom. The van der Waals surface area contributed by atoms with Crippen molar-refractivity contribution in [3.8, 4) is 17.6 Å². The molecule has 2 aromatic carbocycles. The maximum absolute atomic E-state index is 12.4. The Morgan fingerprint density at radius 2 is 2.07 bits per heavy atom. The molecule has 0 bridgehead atoms. The van der Waals surface area contributed by atoms with E-state index in [1.54, 1.807) is 36.4 Å². The van der Waals surface area contributed by atoms with Crippen LogP contribution in [0, 0.1) is 11.3 Å². The number of hydrogen-bond acceptors (Lipinski definition) is 4. The Bertz CT molecular complexity index is 920. The van der Waals surface area contributed by atoms with Gasteiger partial charge in [0.1, 0.15) is 11.6 Å². The zero-order valence-corrected chi connectivity index (χ0v) is 17.4. The SMILES string of the molecule is COc1cc(/C=C(\C#N)C(=O)Nc2cccc(Cl)c2)cc(Br)c1OC(C)C. The minimum atomic E-state index is -0.530. The van der Waals surface area contributed by atoms with E-state index in [2.05, 4.69) is 21.2 Å². The van der Waals surface area contributed by atoms with Crippen LogP contribution in [0.3, 0.4) is 0 Å². The van der Waals surface area contributed by atoms with Gasteiger partial charge in [0.15, 0.2) is 11.5 Å². The third kappa shape index (κ3) is 5.75. The number of amides is 1. The highest BCUT2D eigenvalue weighted by Gasteiger charge is 2.15. The quantitative estimate of drug-likeness (QED) is 0.470. The van der Waals surface area contributed by atoms with Gasteiger partial charge in [0.2, 0.25) is 0 Å². The van der Waals surface area contributed by atoms with Gasteiger partial charge in [-0.05, 0) is 71.7 Å². The summed E-state index contributed by atoms with van der Waals surface area (Å²) in [5.74, 6) is 0.528. The second-order valence-corrected chi connectivity index (χ2v) is 7.13. The summed E-state index contributed by atoms with van der Waals surface area (Å²) in [6.45, 7) is 3.82. The van der Waals surface area contributed by atoms with Crippen LogP contribution in [0.1, 0.15) is 19.4 Å². The summed E-state index contributed by atoms with van der Waals surface area (Å²) in [4.78, 5) is 12.4. The lowest BCUT2D eigenvalue weighted by atomic mass is 10.1. The van der Waals surface area contributed by atoms with Crippen LogP contribution in [0.2, 0.25) is 5.02 Å². The van der Waals surface area contributed by atoms with E-state index >= 15 is 0 Å². The number of halogens is 2. The molecule has 1 amide bonds. The number of carbonyl (C=O) groups excluding carboxylic acids is 1. The van der Waals surface area contributed by atoms with Crippen molar-refractivity contribution in [1.82, 2.24) is 0 Å². The minimum Gasteiger partial charge on any atom is -0.493 e. The van der Waals surface area contributed by atoms with Crippen molar-refractivity contribution in [2.75, 3.05) is 12.4 Å². The fourth-order valence-electron chi connectivity index (χ4n) is 2.25. The highest BCUT2D eigenvalue weighted by Crippen LogP contribution is 2.38. The average molecular weight is 450 g/mol. The molecule has 0 spiro atoms. The zero-order valence-electron chi connectivity index (χ0n) is 15.0. The number of hydrogen-bond donors (Lipinski definition) is 1. The van der Waals surface area contributed by atoms with E-state index < -0.39 is 5.91 Å². The van der Waals surface area contributed by atoms with E-state index in [4.69, 9.17) is 21.1 Å². The first-order valence-corrected chi connectivity index (χ1v) is 9.24. The Hall–Kier alpha value is -2.49. The van der Waals surface area contributed by atoms with Gasteiger partial charge in [-0.15, -0.1) is 0 Å². The number of carbonyl (C=O) groups is 1. The summed E-state index contributed by atoms with van der Waals surface area (Å²) in [5, 5.41) is 12.5. The molecule has 0 saturated carbocycles. The Balaban J connectivity index is 2.32. The van der Waals surface area contributed by atoms with Gasteiger partial charge in [-0.2, -0.15) is 5.26 Å². The lowest BCUT2D eigenvalue weighted by Crippen LogP contribution is -2.13. The molecule has 27 heavy (non-hydrogen) atoms. The minimum absolute atomic E-state index is 0.0327. The molecule has 0 radical (unpaired) electrons. The molecule has 2 aromatic rings. The maximum Gasteiger partial charge on any atom is 0.266 e. The summed E-state index contributed by atoms with van der Waals surface area (Å²) in [5.41, 5.74) is 1.07. The molecule has 2 rings (SSSR count). The molecule has 5 nitrogen and oxygen atoms in total. The van der Waals surface area contributed by atoms with Crippen molar-refractivity contribution in [2.45, 2.75) is 20.0 Å². The van der Waals surface area contributed by atoms with Crippen molar-refractivity contribution in [3.05, 3.63) is 57.0 Å². The van der Waals surface area contributed by atoms with Crippen LogP contribution in [0.4, 0.5) is 5.69 Å². The first-order valence-electron chi connectivity index (χ1n) is 8.07. The topological polar surface area (TPSA) is 71.3 Å². The first-order chi connectivity index (χ1) is 12.8. The fraction of sp³-hybridized carbons (Fsp3) is 0.200. The van der Waals surface area contributed by atoms with Gasteiger partial charge >= 0.3 is 0 Å².